The van der Waals surface area contributed by atoms with Crippen molar-refractivity contribution in [2.45, 2.75) is 68.5 Å². The van der Waals surface area contributed by atoms with Gasteiger partial charge in [0.1, 0.15) is 5.75 Å². The van der Waals surface area contributed by atoms with Crippen molar-refractivity contribution in [1.82, 2.24) is 4.90 Å². The topological polar surface area (TPSA) is 113 Å². The molecule has 1 unspecified atom stereocenters. The zero-order valence-electron chi connectivity index (χ0n) is 17.4. The molecule has 3 aliphatic rings. The van der Waals surface area contributed by atoms with E-state index in [1.54, 1.807) is 12.1 Å². The fraction of sp³-hybridized carbons (Fsp3) is 0.609. The molecule has 1 aromatic rings. The van der Waals surface area contributed by atoms with Gasteiger partial charge in [-0.2, -0.15) is 0 Å². The number of aromatic hydroxyl groups is 1. The molecule has 4 rings (SSSR count). The van der Waals surface area contributed by atoms with Crippen LogP contribution in [-0.4, -0.2) is 51.3 Å². The number of rotatable bonds is 5. The van der Waals surface area contributed by atoms with Crippen LogP contribution in [0.4, 0.5) is 0 Å². The van der Waals surface area contributed by atoms with Crippen LogP contribution in [0.25, 0.3) is 0 Å². The average Bonchev–Trinajstić information content (AvgIpc) is 2.81. The van der Waals surface area contributed by atoms with Crippen molar-refractivity contribution in [3.05, 3.63) is 41.5 Å². The summed E-state index contributed by atoms with van der Waals surface area (Å²) in [5, 5.41) is 22.4. The summed E-state index contributed by atoms with van der Waals surface area (Å²) in [6, 6.07) is 5.30. The maximum atomic E-state index is 12.3. The first-order chi connectivity index (χ1) is 13.5. The molecule has 2 aliphatic carbocycles. The Balaban J connectivity index is 1.80. The van der Waals surface area contributed by atoms with Gasteiger partial charge in [-0.25, -0.2) is 0 Å². The number of nitrogens with two attached hydrogens (primary N) is 2. The van der Waals surface area contributed by atoms with Crippen LogP contribution in [0.2, 0.25) is 0 Å². The number of benzene rings is 1. The van der Waals surface area contributed by atoms with E-state index in [0.717, 1.165) is 42.6 Å². The zero-order valence-corrected chi connectivity index (χ0v) is 17.4. The second kappa shape index (κ2) is 6.56. The van der Waals surface area contributed by atoms with E-state index < -0.39 is 22.5 Å². The largest absolute Gasteiger partial charge is 0.508 e. The quantitative estimate of drug-likeness (QED) is 0.563. The Morgan fingerprint density at radius 2 is 2.10 bits per heavy atom. The number of nitrogens with zero attached hydrogens (tertiary/aromatic N) is 1. The number of primary amides is 1. The van der Waals surface area contributed by atoms with Crippen molar-refractivity contribution in [2.24, 2.45) is 17.4 Å². The molecule has 0 aromatic heterocycles. The Labute approximate surface area is 172 Å². The number of amides is 1. The molecule has 3 fully saturated rings. The Morgan fingerprint density at radius 3 is 2.76 bits per heavy atom. The maximum absolute atomic E-state index is 12.3. The number of hydrogen-bond acceptors (Lipinski definition) is 5. The van der Waals surface area contributed by atoms with Gasteiger partial charge < -0.3 is 21.7 Å². The predicted octanol–water partition coefficient (Wildman–Crippen LogP) is 1.71. The summed E-state index contributed by atoms with van der Waals surface area (Å²) in [4.78, 5) is 14.6. The molecule has 5 atom stereocenters. The van der Waals surface area contributed by atoms with Gasteiger partial charge >= 0.3 is 0 Å². The number of likely N-dealkylation sites (tertiary alicyclic amines) is 1. The number of aliphatic hydroxyl groups is 1. The number of fused-ring (bicyclic) bond motifs is 3. The van der Waals surface area contributed by atoms with Crippen LogP contribution in [0, 0.1) is 12.8 Å². The van der Waals surface area contributed by atoms with Gasteiger partial charge in [0.2, 0.25) is 5.91 Å². The van der Waals surface area contributed by atoms with Gasteiger partial charge in [0.15, 0.2) is 0 Å². The molecule has 0 bridgehead atoms. The Hall–Kier alpha value is -1.89. The standard InChI is InChI=1S/C23H33N3O3/c1-14(2)6-9-26-12-16-11-21(18-10-17(27)5-4-15(18)3)13-22(25,20(24)28)7-8-23(21,29)19(16)26/h4-5,10,16,19,27,29H,1,6-9,11-13,25H2,2-3H3,(H2,24,28)/t16?,19-,21-,22+,23-/m1/s1. The molecule has 1 aromatic carbocycles. The lowest BCUT2D eigenvalue weighted by Crippen LogP contribution is -2.71. The molecule has 1 saturated heterocycles. The van der Waals surface area contributed by atoms with Crippen molar-refractivity contribution in [3.8, 4) is 5.75 Å². The van der Waals surface area contributed by atoms with E-state index in [4.69, 9.17) is 11.5 Å². The number of carbonyl (C=O) groups excluding carboxylic acids is 1. The Bertz CT molecular complexity index is 871. The fourth-order valence-electron chi connectivity index (χ4n) is 6.44. The van der Waals surface area contributed by atoms with Gasteiger partial charge in [0, 0.05) is 24.5 Å². The van der Waals surface area contributed by atoms with Gasteiger partial charge in [-0.05, 0) is 75.1 Å². The van der Waals surface area contributed by atoms with Crippen molar-refractivity contribution in [2.75, 3.05) is 13.1 Å². The molecule has 6 heteroatoms. The second-order valence-corrected chi connectivity index (χ2v) is 9.81. The van der Waals surface area contributed by atoms with Crippen LogP contribution in [0.1, 0.15) is 50.2 Å². The summed E-state index contributed by atoms with van der Waals surface area (Å²) < 4.78 is 0. The van der Waals surface area contributed by atoms with E-state index in [0.29, 0.717) is 25.2 Å². The first-order valence-electron chi connectivity index (χ1n) is 10.5. The number of phenolic OH excluding ortho intramolecular Hbond substituents is 1. The molecule has 2 saturated carbocycles. The third-order valence-electron chi connectivity index (χ3n) is 7.86. The van der Waals surface area contributed by atoms with Crippen molar-refractivity contribution < 1.29 is 15.0 Å². The molecule has 29 heavy (non-hydrogen) atoms. The summed E-state index contributed by atoms with van der Waals surface area (Å²) in [5.74, 6) is -0.0230. The minimum absolute atomic E-state index is 0.0287. The number of phenols is 1. The summed E-state index contributed by atoms with van der Waals surface area (Å²) in [6.07, 6.45) is 2.74. The lowest BCUT2D eigenvalue weighted by molar-refractivity contribution is -0.147. The van der Waals surface area contributed by atoms with Crippen LogP contribution in [0.3, 0.4) is 0 Å². The highest BCUT2D eigenvalue weighted by molar-refractivity contribution is 5.85. The van der Waals surface area contributed by atoms with Crippen LogP contribution < -0.4 is 11.5 Å². The number of aryl methyl sites for hydroxylation is 1. The predicted molar refractivity (Wildman–Crippen MR) is 112 cm³/mol. The molecular formula is C23H33N3O3. The Morgan fingerprint density at radius 1 is 1.38 bits per heavy atom. The summed E-state index contributed by atoms with van der Waals surface area (Å²) >= 11 is 0. The third-order valence-corrected chi connectivity index (χ3v) is 7.86. The van der Waals surface area contributed by atoms with E-state index in [2.05, 4.69) is 11.5 Å². The molecule has 158 valence electrons. The second-order valence-electron chi connectivity index (χ2n) is 9.81. The normalized spacial score (nSPS) is 38.8. The molecule has 6 N–H and O–H groups in total. The Kier molecular flexibility index (Phi) is 4.61. The highest BCUT2D eigenvalue weighted by Gasteiger charge is 2.72. The summed E-state index contributed by atoms with van der Waals surface area (Å²) in [6.45, 7) is 9.81. The van der Waals surface area contributed by atoms with Crippen molar-refractivity contribution >= 4 is 5.91 Å². The van der Waals surface area contributed by atoms with Crippen molar-refractivity contribution in [3.63, 3.8) is 0 Å². The highest BCUT2D eigenvalue weighted by Crippen LogP contribution is 2.64. The minimum Gasteiger partial charge on any atom is -0.508 e. The van der Waals surface area contributed by atoms with E-state index in [9.17, 15) is 15.0 Å². The van der Waals surface area contributed by atoms with Crippen LogP contribution in [-0.2, 0) is 10.2 Å². The molecule has 1 amide bonds. The molecular weight excluding hydrogens is 366 g/mol. The van der Waals surface area contributed by atoms with Gasteiger partial charge in [-0.3, -0.25) is 9.69 Å². The monoisotopic (exact) mass is 399 g/mol. The van der Waals surface area contributed by atoms with Gasteiger partial charge in [0.05, 0.1) is 11.1 Å². The van der Waals surface area contributed by atoms with Gasteiger partial charge in [-0.1, -0.05) is 11.6 Å². The molecule has 1 aliphatic heterocycles. The van der Waals surface area contributed by atoms with Gasteiger partial charge in [0.25, 0.3) is 0 Å². The molecule has 6 nitrogen and oxygen atoms in total. The van der Waals surface area contributed by atoms with E-state index >= 15 is 0 Å². The average molecular weight is 400 g/mol. The highest BCUT2D eigenvalue weighted by atomic mass is 16.3. The fourth-order valence-corrected chi connectivity index (χ4v) is 6.44. The number of hydrogen-bond donors (Lipinski definition) is 4. The first kappa shape index (κ1) is 20.4. The van der Waals surface area contributed by atoms with Crippen molar-refractivity contribution in [1.29, 1.82) is 0 Å². The smallest absolute Gasteiger partial charge is 0.237 e. The minimum atomic E-state index is -1.16. The molecule has 0 spiro atoms. The van der Waals surface area contributed by atoms with Crippen LogP contribution in [0.15, 0.2) is 30.4 Å². The van der Waals surface area contributed by atoms with E-state index in [-0.39, 0.29) is 11.8 Å². The van der Waals surface area contributed by atoms with E-state index in [1.807, 2.05) is 19.9 Å². The van der Waals surface area contributed by atoms with Gasteiger partial charge in [-0.15, -0.1) is 6.58 Å². The lowest BCUT2D eigenvalue weighted by atomic mass is 9.55. The summed E-state index contributed by atoms with van der Waals surface area (Å²) in [7, 11) is 0. The first-order valence-corrected chi connectivity index (χ1v) is 10.5. The SMILES string of the molecule is C=C(C)CCN1CC2C[C@]3(c4cc(O)ccc4C)C[C@](N)(C(N)=O)CC[C@@]3(O)[C@@H]21. The maximum Gasteiger partial charge on any atom is 0.237 e. The zero-order chi connectivity index (χ0) is 21.2. The molecule has 1 heterocycles. The van der Waals surface area contributed by atoms with Crippen LogP contribution in [0.5, 0.6) is 5.75 Å². The number of carbonyl (C=O) groups is 1. The van der Waals surface area contributed by atoms with E-state index in [1.165, 1.54) is 0 Å². The summed E-state index contributed by atoms with van der Waals surface area (Å²) in [5.41, 5.74) is 12.4. The lowest BCUT2D eigenvalue weighted by Gasteiger charge is -2.57. The molecule has 0 radical (unpaired) electrons. The third kappa shape index (κ3) is 2.84. The van der Waals surface area contributed by atoms with Crippen LogP contribution >= 0.6 is 0 Å².